The molecule has 6 nitrogen and oxygen atoms in total. The van der Waals surface area contributed by atoms with Crippen molar-refractivity contribution in [2.24, 2.45) is 0 Å². The Hall–Kier alpha value is -1.58. The van der Waals surface area contributed by atoms with Crippen molar-refractivity contribution in [3.05, 3.63) is 52.2 Å². The summed E-state index contributed by atoms with van der Waals surface area (Å²) in [6, 6.07) is 11.0. The van der Waals surface area contributed by atoms with E-state index in [9.17, 15) is 13.2 Å². The fourth-order valence-corrected chi connectivity index (χ4v) is 7.05. The summed E-state index contributed by atoms with van der Waals surface area (Å²) in [7, 11) is -3.56. The monoisotopic (exact) mass is 475 g/mol. The van der Waals surface area contributed by atoms with E-state index in [1.54, 1.807) is 39.9 Å². The average molecular weight is 476 g/mol. The van der Waals surface area contributed by atoms with Crippen LogP contribution in [0.2, 0.25) is 0 Å². The van der Waals surface area contributed by atoms with Crippen LogP contribution >= 0.6 is 11.3 Å². The Balaban J connectivity index is 1.39. The maximum Gasteiger partial charge on any atom is 0.243 e. The number of hydrogen-bond donors (Lipinski definition) is 1. The Morgan fingerprint density at radius 3 is 2.38 bits per heavy atom. The highest BCUT2D eigenvalue weighted by Crippen LogP contribution is 2.28. The van der Waals surface area contributed by atoms with Gasteiger partial charge in [0.05, 0.1) is 17.5 Å². The van der Waals surface area contributed by atoms with Crippen LogP contribution in [0.1, 0.15) is 59.8 Å². The van der Waals surface area contributed by atoms with Gasteiger partial charge in [0.15, 0.2) is 5.78 Å². The molecule has 1 N–H and O–H groups in total. The molecule has 0 saturated carbocycles. The molecule has 2 aliphatic rings. The Bertz CT molecular complexity index is 978. The Labute approximate surface area is 195 Å². The first-order valence-electron chi connectivity index (χ1n) is 11.7. The van der Waals surface area contributed by atoms with Crippen molar-refractivity contribution in [1.29, 1.82) is 0 Å². The molecule has 1 unspecified atom stereocenters. The zero-order valence-electron chi connectivity index (χ0n) is 18.5. The summed E-state index contributed by atoms with van der Waals surface area (Å²) in [5.74, 6) is -0.0794. The number of benzene rings is 1. The second kappa shape index (κ2) is 11.0. The molecule has 8 heteroatoms. The number of ketones is 1. The molecular weight excluding hydrogens is 442 g/mol. The highest BCUT2D eigenvalue weighted by molar-refractivity contribution is 7.89. The minimum absolute atomic E-state index is 0.0794. The lowest BCUT2D eigenvalue weighted by Gasteiger charge is -2.27. The first kappa shape index (κ1) is 23.6. The molecule has 1 aromatic heterocycles. The SMILES string of the molecule is O=C(CNCC(c1cccs1)N1CCCC1)c1cccc(S(=O)(=O)N2CCCCCC2)c1. The number of thiophene rings is 1. The van der Waals surface area contributed by atoms with Crippen molar-refractivity contribution in [3.8, 4) is 0 Å². The van der Waals surface area contributed by atoms with Gasteiger partial charge in [0.1, 0.15) is 0 Å². The molecule has 2 fully saturated rings. The number of nitrogens with one attached hydrogen (secondary N) is 1. The van der Waals surface area contributed by atoms with Crippen LogP contribution in [-0.4, -0.2) is 62.7 Å². The Kier molecular flexibility index (Phi) is 8.12. The van der Waals surface area contributed by atoms with Crippen LogP contribution in [0.5, 0.6) is 0 Å². The third-order valence-electron chi connectivity index (χ3n) is 6.44. The normalized spacial score (nSPS) is 19.6. The second-order valence-electron chi connectivity index (χ2n) is 8.67. The highest BCUT2D eigenvalue weighted by Gasteiger charge is 2.26. The number of nitrogens with zero attached hydrogens (tertiary/aromatic N) is 2. The third kappa shape index (κ3) is 5.66. The lowest BCUT2D eigenvalue weighted by Crippen LogP contribution is -2.36. The minimum atomic E-state index is -3.56. The van der Waals surface area contributed by atoms with Crippen molar-refractivity contribution in [2.75, 3.05) is 39.3 Å². The average Bonchev–Trinajstić information content (AvgIpc) is 3.46. The zero-order chi connectivity index (χ0) is 22.4. The van der Waals surface area contributed by atoms with E-state index in [-0.39, 0.29) is 23.3 Å². The van der Waals surface area contributed by atoms with E-state index in [1.807, 2.05) is 0 Å². The maximum absolute atomic E-state index is 13.1. The lowest BCUT2D eigenvalue weighted by atomic mass is 10.1. The smallest absolute Gasteiger partial charge is 0.243 e. The number of carbonyl (C=O) groups excluding carboxylic acids is 1. The molecule has 0 bridgehead atoms. The maximum atomic E-state index is 13.1. The van der Waals surface area contributed by atoms with Gasteiger partial charge in [0.2, 0.25) is 10.0 Å². The molecular formula is C24H33N3O3S2. The number of carbonyl (C=O) groups is 1. The van der Waals surface area contributed by atoms with Crippen LogP contribution in [0.4, 0.5) is 0 Å². The Morgan fingerprint density at radius 2 is 1.69 bits per heavy atom. The van der Waals surface area contributed by atoms with Gasteiger partial charge in [-0.2, -0.15) is 4.31 Å². The van der Waals surface area contributed by atoms with E-state index >= 15 is 0 Å². The lowest BCUT2D eigenvalue weighted by molar-refractivity contribution is 0.0987. The van der Waals surface area contributed by atoms with Crippen molar-refractivity contribution in [1.82, 2.24) is 14.5 Å². The fourth-order valence-electron chi connectivity index (χ4n) is 4.63. The van der Waals surface area contributed by atoms with E-state index in [1.165, 1.54) is 17.7 Å². The quantitative estimate of drug-likeness (QED) is 0.557. The number of sulfonamides is 1. The first-order chi connectivity index (χ1) is 15.6. The Morgan fingerprint density at radius 1 is 0.969 bits per heavy atom. The number of hydrogen-bond acceptors (Lipinski definition) is 6. The first-order valence-corrected chi connectivity index (χ1v) is 14.0. The van der Waals surface area contributed by atoms with Crippen LogP contribution in [-0.2, 0) is 10.0 Å². The topological polar surface area (TPSA) is 69.7 Å². The molecule has 4 rings (SSSR count). The standard InChI is InChI=1S/C24H33N3O3S2/c28-23(19-25-18-22(24-11-8-16-31-24)26-12-5-6-13-26)20-9-7-10-21(17-20)32(29,30)27-14-3-1-2-4-15-27/h7-11,16-17,22,25H,1-6,12-15,18-19H2. The molecule has 32 heavy (non-hydrogen) atoms. The summed E-state index contributed by atoms with van der Waals surface area (Å²) in [6.07, 6.45) is 6.37. The van der Waals surface area contributed by atoms with Gasteiger partial charge >= 0.3 is 0 Å². The number of likely N-dealkylation sites (tertiary alicyclic amines) is 1. The van der Waals surface area contributed by atoms with Gasteiger partial charge in [-0.3, -0.25) is 9.69 Å². The van der Waals surface area contributed by atoms with Gasteiger partial charge in [-0.25, -0.2) is 8.42 Å². The summed E-state index contributed by atoms with van der Waals surface area (Å²) in [5.41, 5.74) is 0.447. The summed E-state index contributed by atoms with van der Waals surface area (Å²) < 4.78 is 27.8. The number of rotatable bonds is 9. The molecule has 0 radical (unpaired) electrons. The van der Waals surface area contributed by atoms with Crippen molar-refractivity contribution < 1.29 is 13.2 Å². The van der Waals surface area contributed by atoms with Crippen LogP contribution in [0, 0.1) is 0 Å². The van der Waals surface area contributed by atoms with E-state index in [4.69, 9.17) is 0 Å². The van der Waals surface area contributed by atoms with E-state index in [2.05, 4.69) is 27.7 Å². The van der Waals surface area contributed by atoms with Crippen LogP contribution in [0.3, 0.4) is 0 Å². The van der Waals surface area contributed by atoms with Crippen molar-refractivity contribution in [3.63, 3.8) is 0 Å². The van der Waals surface area contributed by atoms with Crippen molar-refractivity contribution in [2.45, 2.75) is 49.5 Å². The molecule has 3 heterocycles. The molecule has 2 aliphatic heterocycles. The molecule has 0 aliphatic carbocycles. The molecule has 174 valence electrons. The van der Waals surface area contributed by atoms with Gasteiger partial charge in [-0.05, 0) is 62.4 Å². The molecule has 2 aromatic rings. The predicted octanol–water partition coefficient (Wildman–Crippen LogP) is 3.92. The molecule has 1 aromatic carbocycles. The molecule has 2 saturated heterocycles. The minimum Gasteiger partial charge on any atom is -0.308 e. The van der Waals surface area contributed by atoms with Gasteiger partial charge in [0, 0.05) is 30.1 Å². The van der Waals surface area contributed by atoms with Crippen LogP contribution in [0.25, 0.3) is 0 Å². The van der Waals surface area contributed by atoms with Crippen LogP contribution < -0.4 is 5.32 Å². The largest absolute Gasteiger partial charge is 0.308 e. The second-order valence-corrected chi connectivity index (χ2v) is 11.6. The summed E-state index contributed by atoms with van der Waals surface area (Å²) in [6.45, 7) is 4.20. The van der Waals surface area contributed by atoms with E-state index in [0.717, 1.165) is 38.8 Å². The predicted molar refractivity (Wildman–Crippen MR) is 129 cm³/mol. The van der Waals surface area contributed by atoms with Gasteiger partial charge in [-0.1, -0.05) is 31.0 Å². The van der Waals surface area contributed by atoms with Gasteiger partial charge < -0.3 is 5.32 Å². The summed E-state index contributed by atoms with van der Waals surface area (Å²) in [5, 5.41) is 5.43. The zero-order valence-corrected chi connectivity index (χ0v) is 20.2. The van der Waals surface area contributed by atoms with E-state index < -0.39 is 10.0 Å². The summed E-state index contributed by atoms with van der Waals surface area (Å²) >= 11 is 1.75. The molecule has 0 spiro atoms. The molecule has 0 amide bonds. The van der Waals surface area contributed by atoms with Crippen molar-refractivity contribution >= 4 is 27.1 Å². The number of Topliss-reactive ketones (excluding diaryl/α,β-unsaturated/α-hetero) is 1. The van der Waals surface area contributed by atoms with Crippen LogP contribution in [0.15, 0.2) is 46.7 Å². The van der Waals surface area contributed by atoms with Gasteiger partial charge in [0.25, 0.3) is 0 Å². The van der Waals surface area contributed by atoms with Gasteiger partial charge in [-0.15, -0.1) is 11.3 Å². The third-order valence-corrected chi connectivity index (χ3v) is 9.30. The van der Waals surface area contributed by atoms with E-state index in [0.29, 0.717) is 25.2 Å². The highest BCUT2D eigenvalue weighted by atomic mass is 32.2. The summed E-state index contributed by atoms with van der Waals surface area (Å²) in [4.78, 5) is 16.9. The molecule has 1 atom stereocenters. The fraction of sp³-hybridized carbons (Fsp3) is 0.542.